The highest BCUT2D eigenvalue weighted by Gasteiger charge is 2.46. The van der Waals surface area contributed by atoms with Gasteiger partial charge in [0.2, 0.25) is 17.7 Å². The number of benzene rings is 2. The van der Waals surface area contributed by atoms with Crippen molar-refractivity contribution in [3.63, 3.8) is 0 Å². The van der Waals surface area contributed by atoms with Crippen LogP contribution in [0, 0.1) is 0 Å². The quantitative estimate of drug-likeness (QED) is 0.131. The van der Waals surface area contributed by atoms with Crippen LogP contribution in [0.4, 0.5) is 0 Å². The summed E-state index contributed by atoms with van der Waals surface area (Å²) in [4.78, 5) is 78.2. The maximum absolute atomic E-state index is 13.1. The molecule has 2 aromatic carbocycles. The summed E-state index contributed by atoms with van der Waals surface area (Å²) < 4.78 is 16.4. The molecule has 1 atom stereocenters. The molecule has 5 rings (SSSR count). The molecule has 46 heavy (non-hydrogen) atoms. The molecule has 242 valence electrons. The molecule has 1 unspecified atom stereocenters. The minimum absolute atomic E-state index is 0.0108. The maximum atomic E-state index is 13.1. The molecule has 6 amide bonds. The van der Waals surface area contributed by atoms with Gasteiger partial charge in [0.25, 0.3) is 17.7 Å². The number of amides is 6. The van der Waals surface area contributed by atoms with Gasteiger partial charge in [-0.2, -0.15) is 0 Å². The van der Waals surface area contributed by atoms with E-state index in [2.05, 4.69) is 27.0 Å². The lowest BCUT2D eigenvalue weighted by Crippen LogP contribution is -2.54. The summed E-state index contributed by atoms with van der Waals surface area (Å²) in [6.07, 6.45) is 2.98. The summed E-state index contributed by atoms with van der Waals surface area (Å²) in [5.41, 5.74) is 2.26. The normalized spacial score (nSPS) is 16.0. The zero-order valence-electron chi connectivity index (χ0n) is 25.1. The molecule has 4 N–H and O–H groups in total. The van der Waals surface area contributed by atoms with Gasteiger partial charge in [-0.3, -0.25) is 39.0 Å². The van der Waals surface area contributed by atoms with E-state index in [0.717, 1.165) is 27.8 Å². The second-order valence-corrected chi connectivity index (χ2v) is 10.7. The standard InChI is InChI=1S/C32H35N5O9/c38-26(33-12-10-20-18-35-23-6-2-1-4-21(20)23)11-14-44-16-17-45-15-13-34-28(40)19-46-25-7-3-5-22-29(25)32(43)37(31(22)42)24-8-9-27(39)36-30(24)41/h1-7,18,24,35H,8-17,19H2,(H,33,38)(H,34,40)(H,36,39,41). The van der Waals surface area contributed by atoms with Crippen molar-refractivity contribution in [1.82, 2.24) is 25.8 Å². The number of hydrogen-bond donors (Lipinski definition) is 4. The molecule has 1 saturated heterocycles. The fourth-order valence-corrected chi connectivity index (χ4v) is 5.31. The zero-order valence-corrected chi connectivity index (χ0v) is 25.1. The number of H-pyrrole nitrogens is 1. The van der Waals surface area contributed by atoms with Gasteiger partial charge in [-0.05, 0) is 36.6 Å². The average Bonchev–Trinajstić information content (AvgIpc) is 3.57. The van der Waals surface area contributed by atoms with Crippen LogP contribution in [0.5, 0.6) is 5.75 Å². The number of nitrogens with one attached hydrogen (secondary N) is 4. The molecular weight excluding hydrogens is 598 g/mol. The number of fused-ring (bicyclic) bond motifs is 2. The number of ether oxygens (including phenoxy) is 3. The number of piperidine rings is 1. The van der Waals surface area contributed by atoms with Gasteiger partial charge in [0.1, 0.15) is 11.8 Å². The summed E-state index contributed by atoms with van der Waals surface area (Å²) in [5, 5.41) is 8.83. The van der Waals surface area contributed by atoms with E-state index < -0.39 is 42.2 Å². The Morgan fingerprint density at radius 1 is 0.870 bits per heavy atom. The Kier molecular flexibility index (Phi) is 10.7. The first-order valence-corrected chi connectivity index (χ1v) is 15.0. The minimum atomic E-state index is -1.10. The highest BCUT2D eigenvalue weighted by atomic mass is 16.5. The van der Waals surface area contributed by atoms with E-state index in [1.54, 1.807) is 0 Å². The van der Waals surface area contributed by atoms with E-state index >= 15 is 0 Å². The fourth-order valence-electron chi connectivity index (χ4n) is 5.31. The van der Waals surface area contributed by atoms with Crippen molar-refractivity contribution in [2.45, 2.75) is 31.7 Å². The number of rotatable bonds is 16. The summed E-state index contributed by atoms with van der Waals surface area (Å²) in [6.45, 7) is 1.38. The lowest BCUT2D eigenvalue weighted by atomic mass is 10.0. The van der Waals surface area contributed by atoms with Gasteiger partial charge < -0.3 is 29.8 Å². The number of carbonyl (C=O) groups excluding carboxylic acids is 6. The van der Waals surface area contributed by atoms with Crippen LogP contribution in [-0.4, -0.2) is 97.5 Å². The van der Waals surface area contributed by atoms with Gasteiger partial charge in [-0.25, -0.2) is 0 Å². The van der Waals surface area contributed by atoms with Crippen LogP contribution >= 0.6 is 0 Å². The lowest BCUT2D eigenvalue weighted by Gasteiger charge is -2.27. The van der Waals surface area contributed by atoms with E-state index in [9.17, 15) is 28.8 Å². The monoisotopic (exact) mass is 633 g/mol. The number of carbonyl (C=O) groups is 6. The third kappa shape index (κ3) is 7.76. The Hall–Kier alpha value is -5.08. The van der Waals surface area contributed by atoms with Crippen LogP contribution in [0.15, 0.2) is 48.7 Å². The summed E-state index contributed by atoms with van der Waals surface area (Å²) in [5.74, 6) is -3.07. The van der Waals surface area contributed by atoms with Crippen LogP contribution in [0.1, 0.15) is 45.5 Å². The second kappa shape index (κ2) is 15.3. The van der Waals surface area contributed by atoms with Gasteiger partial charge in [0, 0.05) is 43.0 Å². The minimum Gasteiger partial charge on any atom is -0.483 e. The first-order chi connectivity index (χ1) is 22.3. The van der Waals surface area contributed by atoms with Gasteiger partial charge in [-0.15, -0.1) is 0 Å². The Bertz CT molecular complexity index is 1630. The van der Waals surface area contributed by atoms with Crippen molar-refractivity contribution in [1.29, 1.82) is 0 Å². The Morgan fingerprint density at radius 2 is 1.65 bits per heavy atom. The summed E-state index contributed by atoms with van der Waals surface area (Å²) in [6, 6.07) is 11.3. The maximum Gasteiger partial charge on any atom is 0.266 e. The fraction of sp³-hybridized carbons (Fsp3) is 0.375. The number of imide groups is 2. The van der Waals surface area contributed by atoms with Crippen LogP contribution in [0.3, 0.4) is 0 Å². The number of para-hydroxylation sites is 1. The number of hydrogen-bond acceptors (Lipinski definition) is 9. The SMILES string of the molecule is O=C(CCOCCOCCNC(=O)COc1cccc2c1C(=O)N(C1CCC(=O)NC1=O)C2=O)NCCc1c[nH]c2ccccc12. The molecule has 3 heterocycles. The van der Waals surface area contributed by atoms with Crippen molar-refractivity contribution in [2.24, 2.45) is 0 Å². The van der Waals surface area contributed by atoms with Crippen molar-refractivity contribution >= 4 is 46.3 Å². The van der Waals surface area contributed by atoms with Crippen molar-refractivity contribution in [3.8, 4) is 5.75 Å². The molecule has 14 heteroatoms. The molecule has 3 aromatic rings. The van der Waals surface area contributed by atoms with E-state index in [1.807, 2.05) is 24.4 Å². The molecule has 14 nitrogen and oxygen atoms in total. The van der Waals surface area contributed by atoms with E-state index in [1.165, 1.54) is 18.2 Å². The molecule has 0 radical (unpaired) electrons. The van der Waals surface area contributed by atoms with E-state index in [0.29, 0.717) is 13.2 Å². The highest BCUT2D eigenvalue weighted by Crippen LogP contribution is 2.33. The molecule has 2 aliphatic heterocycles. The van der Waals surface area contributed by atoms with Crippen LogP contribution < -0.4 is 20.7 Å². The van der Waals surface area contributed by atoms with Gasteiger partial charge in [-0.1, -0.05) is 24.3 Å². The van der Waals surface area contributed by atoms with Crippen molar-refractivity contribution in [2.75, 3.05) is 46.1 Å². The number of aromatic nitrogens is 1. The predicted octanol–water partition coefficient (Wildman–Crippen LogP) is 0.846. The molecular formula is C32H35N5O9. The lowest BCUT2D eigenvalue weighted by molar-refractivity contribution is -0.136. The van der Waals surface area contributed by atoms with E-state index in [4.69, 9.17) is 14.2 Å². The third-order valence-electron chi connectivity index (χ3n) is 7.59. The van der Waals surface area contributed by atoms with Crippen molar-refractivity contribution < 1.29 is 43.0 Å². The highest BCUT2D eigenvalue weighted by molar-refractivity contribution is 6.24. The molecule has 0 saturated carbocycles. The Labute approximate surface area is 264 Å². The molecule has 2 aliphatic rings. The Morgan fingerprint density at radius 3 is 2.48 bits per heavy atom. The predicted molar refractivity (Wildman–Crippen MR) is 163 cm³/mol. The second-order valence-electron chi connectivity index (χ2n) is 10.7. The topological polar surface area (TPSA) is 185 Å². The molecule has 0 aliphatic carbocycles. The summed E-state index contributed by atoms with van der Waals surface area (Å²) in [7, 11) is 0. The third-order valence-corrected chi connectivity index (χ3v) is 7.59. The van der Waals surface area contributed by atoms with Crippen LogP contribution in [0.25, 0.3) is 10.9 Å². The average molecular weight is 634 g/mol. The van der Waals surface area contributed by atoms with Crippen molar-refractivity contribution in [3.05, 3.63) is 65.4 Å². The molecule has 1 fully saturated rings. The van der Waals surface area contributed by atoms with Gasteiger partial charge in [0.15, 0.2) is 6.61 Å². The molecule has 0 spiro atoms. The zero-order chi connectivity index (χ0) is 32.5. The van der Waals surface area contributed by atoms with Crippen LogP contribution in [-0.2, 0) is 35.1 Å². The number of aromatic amines is 1. The van der Waals surface area contributed by atoms with E-state index in [-0.39, 0.29) is 68.4 Å². The van der Waals surface area contributed by atoms with Crippen LogP contribution in [0.2, 0.25) is 0 Å². The first-order valence-electron chi connectivity index (χ1n) is 15.0. The van der Waals surface area contributed by atoms with Gasteiger partial charge >= 0.3 is 0 Å². The Balaban J connectivity index is 0.918. The van der Waals surface area contributed by atoms with Gasteiger partial charge in [0.05, 0.1) is 37.6 Å². The largest absolute Gasteiger partial charge is 0.483 e. The molecule has 1 aromatic heterocycles. The summed E-state index contributed by atoms with van der Waals surface area (Å²) >= 11 is 0. The smallest absolute Gasteiger partial charge is 0.266 e. The number of nitrogens with zero attached hydrogens (tertiary/aromatic N) is 1. The first kappa shape index (κ1) is 32.3. The molecule has 0 bridgehead atoms.